The normalized spacial score (nSPS) is 11.5. The maximum absolute atomic E-state index is 13.3. The van der Waals surface area contributed by atoms with Crippen molar-refractivity contribution in [1.82, 2.24) is 14.6 Å². The molecule has 2 aromatic carbocycles. The van der Waals surface area contributed by atoms with E-state index in [0.29, 0.717) is 21.3 Å². The molecule has 2 aromatic heterocycles. The van der Waals surface area contributed by atoms with E-state index >= 15 is 0 Å². The molecule has 0 bridgehead atoms. The molecule has 10 heteroatoms. The quantitative estimate of drug-likeness (QED) is 0.366. The Bertz CT molecular complexity index is 1360. The number of nitrogens with zero attached hydrogens (tertiary/aromatic N) is 4. The van der Waals surface area contributed by atoms with Gasteiger partial charge in [0.15, 0.2) is 5.82 Å². The highest BCUT2D eigenvalue weighted by atomic mass is 32.1. The van der Waals surface area contributed by atoms with Crippen LogP contribution in [0.5, 0.6) is 5.75 Å². The van der Waals surface area contributed by atoms with Crippen molar-refractivity contribution < 1.29 is 13.9 Å². The van der Waals surface area contributed by atoms with Crippen molar-refractivity contribution in [2.45, 2.75) is 33.2 Å². The first-order valence-corrected chi connectivity index (χ1v) is 11.9. The number of hydrogen-bond acceptors (Lipinski definition) is 7. The summed E-state index contributed by atoms with van der Waals surface area (Å²) in [4.78, 5) is 19.9. The summed E-state index contributed by atoms with van der Waals surface area (Å²) < 4.78 is 20.4. The lowest BCUT2D eigenvalue weighted by atomic mass is 10.1. The average molecular weight is 497 g/mol. The number of anilines is 3. The number of amides is 1. The van der Waals surface area contributed by atoms with Crippen LogP contribution in [0.1, 0.15) is 26.3 Å². The number of halogens is 1. The zero-order valence-electron chi connectivity index (χ0n) is 20.6. The molecule has 4 rings (SSSR count). The Morgan fingerprint density at radius 1 is 1.20 bits per heavy atom. The largest absolute Gasteiger partial charge is 0.497 e. The zero-order chi connectivity index (χ0) is 25.3. The molecule has 0 aliphatic heterocycles. The minimum atomic E-state index is -0.336. The van der Waals surface area contributed by atoms with E-state index < -0.39 is 0 Å². The van der Waals surface area contributed by atoms with Gasteiger partial charge in [0.1, 0.15) is 17.3 Å². The third-order valence-corrected chi connectivity index (χ3v) is 6.24. The Hall–Kier alpha value is -3.66. The Balaban J connectivity index is 1.59. The monoisotopic (exact) mass is 496 g/mol. The molecule has 2 N–H and O–H groups in total. The zero-order valence-corrected chi connectivity index (χ0v) is 21.5. The van der Waals surface area contributed by atoms with E-state index in [1.807, 2.05) is 24.3 Å². The fraction of sp³-hybridized carbons (Fsp3) is 0.320. The summed E-state index contributed by atoms with van der Waals surface area (Å²) in [6, 6.07) is 12.0. The van der Waals surface area contributed by atoms with Crippen molar-refractivity contribution in [3.05, 3.63) is 53.8 Å². The van der Waals surface area contributed by atoms with Crippen molar-refractivity contribution >= 4 is 38.8 Å². The summed E-state index contributed by atoms with van der Waals surface area (Å²) in [6.07, 6.45) is 0. The van der Waals surface area contributed by atoms with Crippen molar-refractivity contribution in [2.24, 2.45) is 0 Å². The van der Waals surface area contributed by atoms with E-state index in [-0.39, 0.29) is 23.8 Å². The molecule has 35 heavy (non-hydrogen) atoms. The Labute approximate surface area is 207 Å². The van der Waals surface area contributed by atoms with Crippen LogP contribution in [0.15, 0.2) is 42.5 Å². The summed E-state index contributed by atoms with van der Waals surface area (Å²) in [6.45, 7) is 8.06. The number of carbonyl (C=O) groups excluding carboxylic acids is 1. The maximum Gasteiger partial charge on any atom is 0.243 e. The third-order valence-electron chi connectivity index (χ3n) is 5.22. The van der Waals surface area contributed by atoms with Crippen molar-refractivity contribution in [3.63, 3.8) is 0 Å². The van der Waals surface area contributed by atoms with Gasteiger partial charge in [0.2, 0.25) is 16.0 Å². The highest BCUT2D eigenvalue weighted by Crippen LogP contribution is 2.35. The van der Waals surface area contributed by atoms with Gasteiger partial charge in [-0.1, -0.05) is 11.3 Å². The van der Waals surface area contributed by atoms with Crippen molar-refractivity contribution in [1.29, 1.82) is 0 Å². The first kappa shape index (κ1) is 24.5. The van der Waals surface area contributed by atoms with E-state index in [9.17, 15) is 9.18 Å². The summed E-state index contributed by atoms with van der Waals surface area (Å²) in [5.74, 6) is 0.996. The number of likely N-dealkylation sites (N-methyl/N-ethyl adjacent to an activating group) is 1. The molecule has 0 atom stereocenters. The Morgan fingerprint density at radius 2 is 1.91 bits per heavy atom. The van der Waals surface area contributed by atoms with Gasteiger partial charge < -0.3 is 20.3 Å². The topological polar surface area (TPSA) is 83.8 Å². The second-order valence-electron chi connectivity index (χ2n) is 9.36. The molecule has 4 aromatic rings. The summed E-state index contributed by atoms with van der Waals surface area (Å²) >= 11 is 1.39. The molecule has 2 heterocycles. The predicted molar refractivity (Wildman–Crippen MR) is 139 cm³/mol. The van der Waals surface area contributed by atoms with Crippen LogP contribution in [-0.4, -0.2) is 46.7 Å². The molecule has 0 fully saturated rings. The van der Waals surface area contributed by atoms with E-state index in [4.69, 9.17) is 14.8 Å². The van der Waals surface area contributed by atoms with Crippen LogP contribution in [0.3, 0.4) is 0 Å². The van der Waals surface area contributed by atoms with Gasteiger partial charge in [-0.15, -0.1) is 5.10 Å². The van der Waals surface area contributed by atoms with Crippen LogP contribution in [-0.2, 0) is 4.79 Å². The number of methoxy groups -OCH3 is 1. The molecule has 0 saturated heterocycles. The Morgan fingerprint density at radius 3 is 2.54 bits per heavy atom. The molecule has 0 saturated carbocycles. The maximum atomic E-state index is 13.3. The number of hydrogen-bond donors (Lipinski definition) is 2. The highest BCUT2D eigenvalue weighted by Gasteiger charge is 2.23. The van der Waals surface area contributed by atoms with E-state index in [1.54, 1.807) is 36.6 Å². The van der Waals surface area contributed by atoms with Gasteiger partial charge in [0.05, 0.1) is 13.7 Å². The number of fused-ring (bicyclic) bond motifs is 1. The van der Waals surface area contributed by atoms with Gasteiger partial charge in [-0.25, -0.2) is 9.37 Å². The lowest BCUT2D eigenvalue weighted by Gasteiger charge is -2.22. The van der Waals surface area contributed by atoms with Gasteiger partial charge in [0, 0.05) is 23.8 Å². The molecule has 0 radical (unpaired) electrons. The van der Waals surface area contributed by atoms with E-state index in [0.717, 1.165) is 22.8 Å². The number of aryl methyl sites for hydroxylation is 1. The van der Waals surface area contributed by atoms with Crippen LogP contribution in [0.25, 0.3) is 16.2 Å². The van der Waals surface area contributed by atoms with Crippen LogP contribution in [0.4, 0.5) is 21.0 Å². The molecule has 0 aliphatic carbocycles. The standard InChI is InChI=1S/C25H29FN6O2S/c1-15-13-17(26)9-12-19(15)27-20(33)14-31(5)24-30-32-22(29-25(2,3)4)21(28-23(32)35-24)16-7-10-18(34-6)11-8-16/h7-13,29H,14H2,1-6H3,(H,27,33). The van der Waals surface area contributed by atoms with E-state index in [2.05, 4.69) is 31.4 Å². The first-order valence-electron chi connectivity index (χ1n) is 11.1. The number of benzene rings is 2. The van der Waals surface area contributed by atoms with Gasteiger partial charge in [-0.05, 0) is 75.7 Å². The SMILES string of the molecule is COc1ccc(-c2nc3sc(N(C)CC(=O)Nc4ccc(F)cc4C)nn3c2NC(C)(C)C)cc1. The van der Waals surface area contributed by atoms with E-state index in [1.165, 1.54) is 23.5 Å². The molecular weight excluding hydrogens is 467 g/mol. The Kier molecular flexibility index (Phi) is 6.66. The fourth-order valence-electron chi connectivity index (χ4n) is 3.55. The van der Waals surface area contributed by atoms with Gasteiger partial charge >= 0.3 is 0 Å². The van der Waals surface area contributed by atoms with Crippen molar-refractivity contribution in [3.8, 4) is 17.0 Å². The molecule has 0 aliphatic rings. The van der Waals surface area contributed by atoms with Crippen LogP contribution in [0.2, 0.25) is 0 Å². The minimum absolute atomic E-state index is 0.0842. The molecule has 0 unspecified atom stereocenters. The second-order valence-corrected chi connectivity index (χ2v) is 10.3. The number of imidazole rings is 1. The highest BCUT2D eigenvalue weighted by molar-refractivity contribution is 7.20. The van der Waals surface area contributed by atoms with Crippen LogP contribution >= 0.6 is 11.3 Å². The average Bonchev–Trinajstić information content (AvgIpc) is 3.34. The lowest BCUT2D eigenvalue weighted by Crippen LogP contribution is -2.30. The summed E-state index contributed by atoms with van der Waals surface area (Å²) in [7, 11) is 3.44. The summed E-state index contributed by atoms with van der Waals surface area (Å²) in [5.41, 5.74) is 2.76. The molecule has 184 valence electrons. The van der Waals surface area contributed by atoms with Crippen molar-refractivity contribution in [2.75, 3.05) is 36.2 Å². The third kappa shape index (κ3) is 5.54. The number of rotatable bonds is 7. The number of carbonyl (C=O) groups is 1. The molecule has 0 spiro atoms. The van der Waals surface area contributed by atoms with Crippen LogP contribution < -0.4 is 20.3 Å². The first-order chi connectivity index (χ1) is 16.5. The smallest absolute Gasteiger partial charge is 0.243 e. The van der Waals surface area contributed by atoms with Gasteiger partial charge in [0.25, 0.3) is 0 Å². The number of aromatic nitrogens is 3. The number of nitrogens with one attached hydrogen (secondary N) is 2. The van der Waals surface area contributed by atoms with Crippen LogP contribution in [0, 0.1) is 12.7 Å². The molecular formula is C25H29FN6O2S. The van der Waals surface area contributed by atoms with Gasteiger partial charge in [-0.3, -0.25) is 4.79 Å². The van der Waals surface area contributed by atoms with Gasteiger partial charge in [-0.2, -0.15) is 4.52 Å². The molecule has 8 nitrogen and oxygen atoms in total. The number of ether oxygens (including phenoxy) is 1. The minimum Gasteiger partial charge on any atom is -0.497 e. The summed E-state index contributed by atoms with van der Waals surface area (Å²) in [5, 5.41) is 11.8. The fourth-order valence-corrected chi connectivity index (χ4v) is 4.41. The molecule has 1 amide bonds. The predicted octanol–water partition coefficient (Wildman–Crippen LogP) is 5.20. The lowest BCUT2D eigenvalue weighted by molar-refractivity contribution is -0.114. The second kappa shape index (κ2) is 9.53.